The maximum atomic E-state index is 13.1. The summed E-state index contributed by atoms with van der Waals surface area (Å²) in [6, 6.07) is 14.0. The van der Waals surface area contributed by atoms with Gasteiger partial charge in [-0.25, -0.2) is 4.79 Å². The van der Waals surface area contributed by atoms with E-state index in [9.17, 15) is 14.4 Å². The molecule has 0 saturated carbocycles. The Morgan fingerprint density at radius 1 is 1.16 bits per heavy atom. The number of methoxy groups -OCH3 is 1. The molecule has 8 nitrogen and oxygen atoms in total. The van der Waals surface area contributed by atoms with Crippen LogP contribution in [0, 0.1) is 0 Å². The smallest absolute Gasteiger partial charge is 0.322 e. The molecule has 1 atom stereocenters. The molecule has 2 aliphatic heterocycles. The fourth-order valence-electron chi connectivity index (χ4n) is 3.95. The number of nitrogens with one attached hydrogen (secondary N) is 2. The van der Waals surface area contributed by atoms with Gasteiger partial charge in [0.15, 0.2) is 5.54 Å². The average molecular weight is 434 g/mol. The van der Waals surface area contributed by atoms with Gasteiger partial charge in [0, 0.05) is 23.2 Å². The van der Waals surface area contributed by atoms with E-state index in [2.05, 4.69) is 15.6 Å². The van der Waals surface area contributed by atoms with Gasteiger partial charge in [0.05, 0.1) is 24.2 Å². The van der Waals surface area contributed by atoms with Gasteiger partial charge in [0.2, 0.25) is 0 Å². The van der Waals surface area contributed by atoms with Crippen molar-refractivity contribution in [2.75, 3.05) is 13.7 Å². The molecule has 2 aliphatic rings. The van der Waals surface area contributed by atoms with Crippen LogP contribution in [0.25, 0.3) is 10.6 Å². The molecule has 156 valence electrons. The Kier molecular flexibility index (Phi) is 4.48. The van der Waals surface area contributed by atoms with Crippen molar-refractivity contribution in [1.29, 1.82) is 0 Å². The number of thiophene rings is 1. The van der Waals surface area contributed by atoms with E-state index in [0.29, 0.717) is 22.7 Å². The first-order valence-electron chi connectivity index (χ1n) is 9.62. The van der Waals surface area contributed by atoms with Crippen molar-refractivity contribution in [2.24, 2.45) is 0 Å². The van der Waals surface area contributed by atoms with Gasteiger partial charge in [-0.15, -0.1) is 11.3 Å². The first-order chi connectivity index (χ1) is 15.0. The van der Waals surface area contributed by atoms with Gasteiger partial charge in [0.25, 0.3) is 11.8 Å². The summed E-state index contributed by atoms with van der Waals surface area (Å²) in [4.78, 5) is 45.6. The zero-order valence-electron chi connectivity index (χ0n) is 16.5. The number of aromatic nitrogens is 1. The number of carbonyl (C=O) groups excluding carboxylic acids is 3. The number of hydrogen-bond acceptors (Lipinski definition) is 6. The molecule has 0 bridgehead atoms. The third-order valence-corrected chi connectivity index (χ3v) is 6.78. The van der Waals surface area contributed by atoms with Crippen LogP contribution in [0.2, 0.25) is 0 Å². The zero-order chi connectivity index (χ0) is 21.6. The highest BCUT2D eigenvalue weighted by Crippen LogP contribution is 2.37. The number of nitrogens with zero attached hydrogens (tertiary/aromatic N) is 2. The van der Waals surface area contributed by atoms with Crippen LogP contribution in [0.5, 0.6) is 5.75 Å². The summed E-state index contributed by atoms with van der Waals surface area (Å²) < 4.78 is 5.23. The highest BCUT2D eigenvalue weighted by Gasteiger charge is 2.51. The molecular formula is C22H18N4O4S. The van der Waals surface area contributed by atoms with Gasteiger partial charge >= 0.3 is 6.03 Å². The van der Waals surface area contributed by atoms with E-state index in [0.717, 1.165) is 16.1 Å². The lowest BCUT2D eigenvalue weighted by molar-refractivity contribution is -0.124. The fraction of sp³-hybridized carbons (Fsp3) is 0.182. The third kappa shape index (κ3) is 3.14. The van der Waals surface area contributed by atoms with E-state index in [4.69, 9.17) is 4.74 Å². The van der Waals surface area contributed by atoms with Crippen molar-refractivity contribution in [3.05, 3.63) is 70.7 Å². The maximum Gasteiger partial charge on any atom is 0.322 e. The predicted molar refractivity (Wildman–Crippen MR) is 114 cm³/mol. The number of pyridine rings is 1. The second kappa shape index (κ2) is 7.21. The number of ether oxygens (including phenoxy) is 1. The molecule has 3 aromatic rings. The van der Waals surface area contributed by atoms with Gasteiger partial charge in [-0.3, -0.25) is 19.9 Å². The van der Waals surface area contributed by atoms with Crippen LogP contribution >= 0.6 is 11.3 Å². The Labute approximate surface area is 181 Å². The van der Waals surface area contributed by atoms with Crippen molar-refractivity contribution < 1.29 is 19.1 Å². The summed E-state index contributed by atoms with van der Waals surface area (Å²) in [5.74, 6) is -0.0918. The molecule has 1 saturated heterocycles. The summed E-state index contributed by atoms with van der Waals surface area (Å²) in [7, 11) is 1.54. The molecule has 1 fully saturated rings. The third-order valence-electron chi connectivity index (χ3n) is 5.51. The van der Waals surface area contributed by atoms with Crippen LogP contribution in [0.3, 0.4) is 0 Å². The quantitative estimate of drug-likeness (QED) is 0.601. The molecule has 9 heteroatoms. The van der Waals surface area contributed by atoms with Crippen molar-refractivity contribution in [1.82, 2.24) is 20.5 Å². The van der Waals surface area contributed by atoms with Gasteiger partial charge in [-0.1, -0.05) is 12.1 Å². The summed E-state index contributed by atoms with van der Waals surface area (Å²) in [6.45, 7) is 0.365. The largest absolute Gasteiger partial charge is 0.497 e. The average Bonchev–Trinajstić information content (AvgIpc) is 3.46. The highest BCUT2D eigenvalue weighted by atomic mass is 32.1. The van der Waals surface area contributed by atoms with Gasteiger partial charge < -0.3 is 15.0 Å². The second-order valence-corrected chi connectivity index (χ2v) is 8.46. The standard InChI is InChI=1S/C22H18N4O4S/c1-30-14-6-5-13-11-26(19(27)15(13)10-14)12-22(20(28)24-21(29)25-22)18-8-7-17(31-18)16-4-2-3-9-23-16/h2-10H,11-12H2,1H3,(H2,24,25,28,29). The summed E-state index contributed by atoms with van der Waals surface area (Å²) in [5, 5.41) is 5.09. The van der Waals surface area contributed by atoms with Gasteiger partial charge in [0.1, 0.15) is 5.75 Å². The van der Waals surface area contributed by atoms with Crippen LogP contribution in [0.4, 0.5) is 4.79 Å². The molecule has 0 spiro atoms. The Hall–Kier alpha value is -3.72. The number of carbonyl (C=O) groups is 3. The molecule has 0 radical (unpaired) electrons. The first kappa shape index (κ1) is 19.3. The van der Waals surface area contributed by atoms with Crippen molar-refractivity contribution >= 4 is 29.2 Å². The summed E-state index contributed by atoms with van der Waals surface area (Å²) in [5.41, 5.74) is 0.803. The Bertz CT molecular complexity index is 1210. The summed E-state index contributed by atoms with van der Waals surface area (Å²) >= 11 is 1.37. The number of imide groups is 1. The Balaban J connectivity index is 1.50. The molecule has 0 aliphatic carbocycles. The minimum Gasteiger partial charge on any atom is -0.497 e. The predicted octanol–water partition coefficient (Wildman–Crippen LogP) is 2.51. The fourth-order valence-corrected chi connectivity index (χ4v) is 5.07. The van der Waals surface area contributed by atoms with E-state index >= 15 is 0 Å². The van der Waals surface area contributed by atoms with E-state index in [-0.39, 0.29) is 12.5 Å². The molecule has 31 heavy (non-hydrogen) atoms. The van der Waals surface area contributed by atoms with E-state index in [1.807, 2.05) is 30.3 Å². The monoisotopic (exact) mass is 434 g/mol. The van der Waals surface area contributed by atoms with Gasteiger partial charge in [-0.2, -0.15) is 0 Å². The number of amides is 4. The second-order valence-electron chi connectivity index (χ2n) is 7.38. The first-order valence-corrected chi connectivity index (χ1v) is 10.4. The number of rotatable bonds is 5. The highest BCUT2D eigenvalue weighted by molar-refractivity contribution is 7.15. The molecule has 4 heterocycles. The van der Waals surface area contributed by atoms with Crippen LogP contribution < -0.4 is 15.4 Å². The minimum absolute atomic E-state index is 0.0164. The zero-order valence-corrected chi connectivity index (χ0v) is 17.4. The minimum atomic E-state index is -1.36. The summed E-state index contributed by atoms with van der Waals surface area (Å²) in [6.07, 6.45) is 1.70. The van der Waals surface area contributed by atoms with Crippen molar-refractivity contribution in [3.63, 3.8) is 0 Å². The lowest BCUT2D eigenvalue weighted by Gasteiger charge is -2.30. The van der Waals surface area contributed by atoms with Crippen LogP contribution in [-0.4, -0.2) is 41.4 Å². The molecule has 2 aromatic heterocycles. The van der Waals surface area contributed by atoms with E-state index < -0.39 is 17.5 Å². The number of hydrogen-bond donors (Lipinski definition) is 2. The molecule has 1 aromatic carbocycles. The van der Waals surface area contributed by atoms with Gasteiger partial charge in [-0.05, 0) is 42.0 Å². The van der Waals surface area contributed by atoms with E-state index in [1.165, 1.54) is 11.3 Å². The molecular weight excluding hydrogens is 416 g/mol. The van der Waals surface area contributed by atoms with Crippen LogP contribution in [-0.2, 0) is 16.9 Å². The molecule has 2 N–H and O–H groups in total. The molecule has 1 unspecified atom stereocenters. The Morgan fingerprint density at radius 2 is 2.03 bits per heavy atom. The van der Waals surface area contributed by atoms with Crippen molar-refractivity contribution in [3.8, 4) is 16.3 Å². The maximum absolute atomic E-state index is 13.1. The number of urea groups is 1. The van der Waals surface area contributed by atoms with Crippen molar-refractivity contribution in [2.45, 2.75) is 12.1 Å². The van der Waals surface area contributed by atoms with Crippen LogP contribution in [0.15, 0.2) is 54.7 Å². The normalized spacial score (nSPS) is 19.9. The van der Waals surface area contributed by atoms with E-state index in [1.54, 1.807) is 36.4 Å². The number of benzene rings is 1. The molecule has 4 amide bonds. The van der Waals surface area contributed by atoms with Crippen LogP contribution in [0.1, 0.15) is 20.8 Å². The Morgan fingerprint density at radius 3 is 2.74 bits per heavy atom. The number of fused-ring (bicyclic) bond motifs is 1. The SMILES string of the molecule is COc1ccc2c(c1)C(=O)N(CC1(c3ccc(-c4ccccn4)s3)NC(=O)NC1=O)C2. The molecule has 5 rings (SSSR count). The lowest BCUT2D eigenvalue weighted by atomic mass is 9.96. The topological polar surface area (TPSA) is 101 Å². The lowest BCUT2D eigenvalue weighted by Crippen LogP contribution is -2.52.